The highest BCUT2D eigenvalue weighted by atomic mass is 79.9. The summed E-state index contributed by atoms with van der Waals surface area (Å²) in [6, 6.07) is 1.62. The zero-order chi connectivity index (χ0) is 12.1. The first-order valence-electron chi connectivity index (χ1n) is 4.64. The van der Waals surface area contributed by atoms with Crippen molar-refractivity contribution in [1.29, 1.82) is 0 Å². The molecule has 3 nitrogen and oxygen atoms in total. The number of hydrogen-bond acceptors (Lipinski definition) is 3. The van der Waals surface area contributed by atoms with Gasteiger partial charge in [0.1, 0.15) is 17.5 Å². The van der Waals surface area contributed by atoms with Gasteiger partial charge in [-0.05, 0) is 19.9 Å². The van der Waals surface area contributed by atoms with Gasteiger partial charge < -0.3 is 4.84 Å². The van der Waals surface area contributed by atoms with Crippen LogP contribution < -0.4 is 0 Å². The Morgan fingerprint density at radius 2 is 2.25 bits per heavy atom. The summed E-state index contributed by atoms with van der Waals surface area (Å²) >= 11 is 15.1. The number of halogens is 3. The van der Waals surface area contributed by atoms with Crippen LogP contribution in [-0.2, 0) is 4.84 Å². The van der Waals surface area contributed by atoms with Crippen LogP contribution >= 0.6 is 39.1 Å². The van der Waals surface area contributed by atoms with E-state index in [9.17, 15) is 0 Å². The molecule has 1 aromatic rings. The number of alkyl halides is 1. The third-order valence-electron chi connectivity index (χ3n) is 1.58. The van der Waals surface area contributed by atoms with Crippen LogP contribution in [0.4, 0.5) is 0 Å². The molecule has 88 valence electrons. The van der Waals surface area contributed by atoms with Crippen LogP contribution in [0.5, 0.6) is 0 Å². The van der Waals surface area contributed by atoms with Gasteiger partial charge in [-0.3, -0.25) is 4.98 Å². The van der Waals surface area contributed by atoms with Crippen molar-refractivity contribution in [3.8, 4) is 0 Å². The second-order valence-electron chi connectivity index (χ2n) is 3.31. The lowest BCUT2D eigenvalue weighted by Crippen LogP contribution is -2.09. The molecule has 0 unspecified atom stereocenters. The molecule has 0 saturated carbocycles. The van der Waals surface area contributed by atoms with Crippen molar-refractivity contribution >= 4 is 44.8 Å². The standard InChI is InChI=1S/C10H11BrCl2N2O/c1-6(2)16-15-9(4-11)10-8(13)3-7(12)5-14-10/h3,5-6H,4H2,1-2H3. The number of hydrogen-bond donors (Lipinski definition) is 0. The summed E-state index contributed by atoms with van der Waals surface area (Å²) < 4.78 is 0. The van der Waals surface area contributed by atoms with E-state index in [4.69, 9.17) is 28.0 Å². The van der Waals surface area contributed by atoms with E-state index in [1.54, 1.807) is 6.07 Å². The summed E-state index contributed by atoms with van der Waals surface area (Å²) in [7, 11) is 0. The second-order valence-corrected chi connectivity index (χ2v) is 4.71. The Kier molecular flexibility index (Phi) is 5.52. The second kappa shape index (κ2) is 6.42. The SMILES string of the molecule is CC(C)ON=C(CBr)c1ncc(Cl)cc1Cl. The summed E-state index contributed by atoms with van der Waals surface area (Å²) in [6.07, 6.45) is 1.54. The minimum absolute atomic E-state index is 0.0140. The molecule has 0 fully saturated rings. The highest BCUT2D eigenvalue weighted by Crippen LogP contribution is 2.19. The molecule has 6 heteroatoms. The molecule has 0 radical (unpaired) electrons. The van der Waals surface area contributed by atoms with Crippen molar-refractivity contribution in [1.82, 2.24) is 4.98 Å². The molecule has 16 heavy (non-hydrogen) atoms. The summed E-state index contributed by atoms with van der Waals surface area (Å²) in [5.41, 5.74) is 1.21. The van der Waals surface area contributed by atoms with E-state index < -0.39 is 0 Å². The van der Waals surface area contributed by atoms with Crippen molar-refractivity contribution < 1.29 is 4.84 Å². The zero-order valence-electron chi connectivity index (χ0n) is 8.88. The van der Waals surface area contributed by atoms with Gasteiger partial charge in [-0.1, -0.05) is 44.3 Å². The van der Waals surface area contributed by atoms with Gasteiger partial charge in [0, 0.05) is 6.20 Å². The first kappa shape index (κ1) is 13.7. The van der Waals surface area contributed by atoms with Gasteiger partial charge in [0.2, 0.25) is 0 Å². The van der Waals surface area contributed by atoms with Crippen LogP contribution in [0, 0.1) is 0 Å². The highest BCUT2D eigenvalue weighted by molar-refractivity contribution is 9.09. The molecule has 0 bridgehead atoms. The fourth-order valence-electron chi connectivity index (χ4n) is 0.927. The molecule has 0 N–H and O–H groups in total. The molecule has 0 saturated heterocycles. The van der Waals surface area contributed by atoms with E-state index in [2.05, 4.69) is 26.1 Å². The molecule has 0 atom stereocenters. The Bertz CT molecular complexity index is 396. The molecule has 1 rings (SSSR count). The quantitative estimate of drug-likeness (QED) is 0.478. The maximum atomic E-state index is 6.01. The summed E-state index contributed by atoms with van der Waals surface area (Å²) in [5.74, 6) is 0. The number of pyridine rings is 1. The monoisotopic (exact) mass is 324 g/mol. The van der Waals surface area contributed by atoms with Gasteiger partial charge >= 0.3 is 0 Å². The summed E-state index contributed by atoms with van der Waals surface area (Å²) in [5, 5.41) is 5.44. The third-order valence-corrected chi connectivity index (χ3v) is 2.61. The Morgan fingerprint density at radius 1 is 1.56 bits per heavy atom. The predicted molar refractivity (Wildman–Crippen MR) is 70.8 cm³/mol. The Hall–Kier alpha value is -0.320. The molecule has 1 aromatic heterocycles. The van der Waals surface area contributed by atoms with E-state index in [-0.39, 0.29) is 6.10 Å². The smallest absolute Gasteiger partial charge is 0.122 e. The lowest BCUT2D eigenvalue weighted by molar-refractivity contribution is 0.0860. The lowest BCUT2D eigenvalue weighted by Gasteiger charge is -2.07. The topological polar surface area (TPSA) is 34.5 Å². The minimum Gasteiger partial charge on any atom is -0.393 e. The number of oxime groups is 1. The molecular formula is C10H11BrCl2N2O. The first-order valence-corrected chi connectivity index (χ1v) is 6.52. The highest BCUT2D eigenvalue weighted by Gasteiger charge is 2.10. The lowest BCUT2D eigenvalue weighted by atomic mass is 10.2. The molecule has 0 aromatic carbocycles. The number of rotatable bonds is 4. The molecule has 0 aliphatic carbocycles. The van der Waals surface area contributed by atoms with Crippen LogP contribution in [0.2, 0.25) is 10.0 Å². The average molecular weight is 326 g/mol. The van der Waals surface area contributed by atoms with Gasteiger partial charge in [-0.2, -0.15) is 0 Å². The van der Waals surface area contributed by atoms with Crippen LogP contribution in [0.25, 0.3) is 0 Å². The Labute approximate surface area is 113 Å². The fourth-order valence-corrected chi connectivity index (χ4v) is 1.78. The van der Waals surface area contributed by atoms with Gasteiger partial charge in [0.25, 0.3) is 0 Å². The molecule has 0 aliphatic heterocycles. The molecule has 1 heterocycles. The summed E-state index contributed by atoms with van der Waals surface area (Å²) in [4.78, 5) is 9.28. The van der Waals surface area contributed by atoms with Crippen LogP contribution in [0.1, 0.15) is 19.5 Å². The summed E-state index contributed by atoms with van der Waals surface area (Å²) in [6.45, 7) is 3.79. The van der Waals surface area contributed by atoms with E-state index >= 15 is 0 Å². The van der Waals surface area contributed by atoms with Crippen molar-refractivity contribution in [3.63, 3.8) is 0 Å². The van der Waals surface area contributed by atoms with E-state index in [1.807, 2.05) is 13.8 Å². The fraction of sp³-hybridized carbons (Fsp3) is 0.400. The minimum atomic E-state index is 0.0140. The van der Waals surface area contributed by atoms with Gasteiger partial charge in [-0.25, -0.2) is 0 Å². The molecule has 0 spiro atoms. The van der Waals surface area contributed by atoms with Crippen LogP contribution in [0.3, 0.4) is 0 Å². The maximum absolute atomic E-state index is 6.01. The normalized spacial score (nSPS) is 12.0. The van der Waals surface area contributed by atoms with Crippen LogP contribution in [-0.4, -0.2) is 22.1 Å². The first-order chi connectivity index (χ1) is 7.54. The van der Waals surface area contributed by atoms with Crippen molar-refractivity contribution in [2.24, 2.45) is 5.16 Å². The van der Waals surface area contributed by atoms with E-state index in [1.165, 1.54) is 6.20 Å². The van der Waals surface area contributed by atoms with Crippen molar-refractivity contribution in [2.75, 3.05) is 5.33 Å². The average Bonchev–Trinajstić information content (AvgIpc) is 2.21. The van der Waals surface area contributed by atoms with Gasteiger partial charge in [0.15, 0.2) is 0 Å². The van der Waals surface area contributed by atoms with E-state index in [0.717, 1.165) is 0 Å². The van der Waals surface area contributed by atoms with E-state index in [0.29, 0.717) is 26.8 Å². The third kappa shape index (κ3) is 3.92. The van der Waals surface area contributed by atoms with Gasteiger partial charge in [-0.15, -0.1) is 0 Å². The van der Waals surface area contributed by atoms with Crippen molar-refractivity contribution in [2.45, 2.75) is 20.0 Å². The largest absolute Gasteiger partial charge is 0.393 e. The Balaban J connectivity index is 2.99. The Morgan fingerprint density at radius 3 is 2.75 bits per heavy atom. The molecular weight excluding hydrogens is 315 g/mol. The molecule has 0 amide bonds. The number of nitrogens with zero attached hydrogens (tertiary/aromatic N) is 2. The number of aromatic nitrogens is 1. The van der Waals surface area contributed by atoms with Crippen LogP contribution in [0.15, 0.2) is 17.4 Å². The van der Waals surface area contributed by atoms with Crippen molar-refractivity contribution in [3.05, 3.63) is 28.0 Å². The zero-order valence-corrected chi connectivity index (χ0v) is 12.0. The predicted octanol–water partition coefficient (Wildman–Crippen LogP) is 3.91. The molecule has 0 aliphatic rings. The maximum Gasteiger partial charge on any atom is 0.122 e. The van der Waals surface area contributed by atoms with Gasteiger partial charge in [0.05, 0.1) is 15.4 Å².